The number of rotatable bonds is 2. The number of imide groups is 1. The molecule has 0 spiro atoms. The summed E-state index contributed by atoms with van der Waals surface area (Å²) >= 11 is 0. The molecular weight excluding hydrogens is 340 g/mol. The lowest BCUT2D eigenvalue weighted by molar-refractivity contribution is 0.0926. The number of oxazole rings is 1. The number of aromatic nitrogens is 1. The number of nitrogens with zero attached hydrogens (tertiary/aromatic N) is 2. The van der Waals surface area contributed by atoms with Gasteiger partial charge in [0.2, 0.25) is 5.89 Å². The van der Waals surface area contributed by atoms with Gasteiger partial charge in [0.15, 0.2) is 5.58 Å². The van der Waals surface area contributed by atoms with Crippen molar-refractivity contribution in [3.05, 3.63) is 83.4 Å². The Hall–Kier alpha value is -3.73. The highest BCUT2D eigenvalue weighted by molar-refractivity contribution is 6.34. The zero-order valence-corrected chi connectivity index (χ0v) is 14.5. The molecule has 5 heteroatoms. The van der Waals surface area contributed by atoms with Crippen molar-refractivity contribution in [3.8, 4) is 11.5 Å². The van der Waals surface area contributed by atoms with Crippen LogP contribution in [0.2, 0.25) is 0 Å². The van der Waals surface area contributed by atoms with Crippen LogP contribution < -0.4 is 4.90 Å². The molecule has 0 unspecified atom stereocenters. The lowest BCUT2D eigenvalue weighted by Crippen LogP contribution is -2.29. The van der Waals surface area contributed by atoms with Crippen molar-refractivity contribution in [1.82, 2.24) is 4.98 Å². The zero-order valence-electron chi connectivity index (χ0n) is 14.5. The SMILES string of the molecule is Cc1ccc2nc(-c3ccc4c(c3)C(=O)N(c3ccccc3)C4=O)oc2c1. The number of hydrogen-bond donors (Lipinski definition) is 0. The number of aryl methyl sites for hydroxylation is 1. The van der Waals surface area contributed by atoms with Crippen LogP contribution in [-0.4, -0.2) is 16.8 Å². The van der Waals surface area contributed by atoms with E-state index in [4.69, 9.17) is 4.42 Å². The van der Waals surface area contributed by atoms with E-state index in [1.54, 1.807) is 42.5 Å². The molecule has 1 aliphatic rings. The van der Waals surface area contributed by atoms with Crippen LogP contribution in [0.3, 0.4) is 0 Å². The largest absolute Gasteiger partial charge is 0.436 e. The third kappa shape index (κ3) is 2.36. The number of amides is 2. The minimum Gasteiger partial charge on any atom is -0.436 e. The van der Waals surface area contributed by atoms with E-state index in [0.29, 0.717) is 33.9 Å². The first kappa shape index (κ1) is 15.5. The molecule has 1 aromatic heterocycles. The van der Waals surface area contributed by atoms with Crippen LogP contribution in [-0.2, 0) is 0 Å². The first-order valence-corrected chi connectivity index (χ1v) is 8.57. The van der Waals surface area contributed by atoms with Gasteiger partial charge in [-0.05, 0) is 55.0 Å². The van der Waals surface area contributed by atoms with Gasteiger partial charge in [-0.1, -0.05) is 24.3 Å². The summed E-state index contributed by atoms with van der Waals surface area (Å²) in [6.07, 6.45) is 0. The van der Waals surface area contributed by atoms with Crippen LogP contribution >= 0.6 is 0 Å². The van der Waals surface area contributed by atoms with E-state index in [9.17, 15) is 9.59 Å². The number of carbonyl (C=O) groups excluding carboxylic acids is 2. The summed E-state index contributed by atoms with van der Waals surface area (Å²) in [6, 6.07) is 19.8. The predicted octanol–water partition coefficient (Wildman–Crippen LogP) is 4.60. The number of para-hydroxylation sites is 1. The van der Waals surface area contributed by atoms with Crippen molar-refractivity contribution < 1.29 is 14.0 Å². The van der Waals surface area contributed by atoms with Crippen molar-refractivity contribution in [1.29, 1.82) is 0 Å². The summed E-state index contributed by atoms with van der Waals surface area (Å²) in [7, 11) is 0. The minimum atomic E-state index is -0.338. The summed E-state index contributed by atoms with van der Waals surface area (Å²) < 4.78 is 5.85. The maximum atomic E-state index is 12.9. The molecule has 5 rings (SSSR count). The van der Waals surface area contributed by atoms with Crippen LogP contribution in [0.4, 0.5) is 5.69 Å². The van der Waals surface area contributed by atoms with Crippen LogP contribution in [0.1, 0.15) is 26.3 Å². The molecule has 0 N–H and O–H groups in total. The second-order valence-electron chi connectivity index (χ2n) is 6.53. The van der Waals surface area contributed by atoms with E-state index in [-0.39, 0.29) is 11.8 Å². The van der Waals surface area contributed by atoms with E-state index >= 15 is 0 Å². The number of hydrogen-bond acceptors (Lipinski definition) is 4. The molecule has 0 aliphatic carbocycles. The Labute approximate surface area is 154 Å². The Morgan fingerprint density at radius 1 is 0.852 bits per heavy atom. The quantitative estimate of drug-likeness (QED) is 0.493. The smallest absolute Gasteiger partial charge is 0.266 e. The lowest BCUT2D eigenvalue weighted by Gasteiger charge is -2.13. The number of fused-ring (bicyclic) bond motifs is 2. The fourth-order valence-electron chi connectivity index (χ4n) is 3.34. The van der Waals surface area contributed by atoms with E-state index in [1.807, 2.05) is 31.2 Å². The molecule has 0 radical (unpaired) electrons. The maximum Gasteiger partial charge on any atom is 0.266 e. The second kappa shape index (κ2) is 5.64. The van der Waals surface area contributed by atoms with Crippen LogP contribution in [0.15, 0.2) is 71.1 Å². The fourth-order valence-corrected chi connectivity index (χ4v) is 3.34. The van der Waals surface area contributed by atoms with Crippen molar-refractivity contribution in [2.75, 3.05) is 4.90 Å². The monoisotopic (exact) mass is 354 g/mol. The first-order valence-electron chi connectivity index (χ1n) is 8.57. The fraction of sp³-hybridized carbons (Fsp3) is 0.0455. The molecule has 1 aliphatic heterocycles. The summed E-state index contributed by atoms with van der Waals surface area (Å²) in [5.41, 5.74) is 4.50. The van der Waals surface area contributed by atoms with Crippen LogP contribution in [0.25, 0.3) is 22.6 Å². The average Bonchev–Trinajstić information content (AvgIpc) is 3.21. The Balaban J connectivity index is 1.59. The van der Waals surface area contributed by atoms with Gasteiger partial charge in [0.05, 0.1) is 16.8 Å². The molecule has 0 fully saturated rings. The molecule has 5 nitrogen and oxygen atoms in total. The van der Waals surface area contributed by atoms with Gasteiger partial charge >= 0.3 is 0 Å². The van der Waals surface area contributed by atoms with Gasteiger partial charge < -0.3 is 4.42 Å². The van der Waals surface area contributed by atoms with E-state index in [2.05, 4.69) is 4.98 Å². The maximum absolute atomic E-state index is 12.9. The van der Waals surface area contributed by atoms with E-state index < -0.39 is 0 Å². The van der Waals surface area contributed by atoms with Gasteiger partial charge in [0, 0.05) is 5.56 Å². The lowest BCUT2D eigenvalue weighted by atomic mass is 10.1. The Kier molecular flexibility index (Phi) is 3.24. The van der Waals surface area contributed by atoms with Gasteiger partial charge in [-0.3, -0.25) is 9.59 Å². The molecule has 0 saturated carbocycles. The Bertz CT molecular complexity index is 1230. The summed E-state index contributed by atoms with van der Waals surface area (Å²) in [6.45, 7) is 1.99. The number of benzene rings is 3. The van der Waals surface area contributed by atoms with Crippen LogP contribution in [0.5, 0.6) is 0 Å². The number of anilines is 1. The molecule has 0 saturated heterocycles. The molecule has 130 valence electrons. The topological polar surface area (TPSA) is 63.4 Å². The van der Waals surface area contributed by atoms with Crippen molar-refractivity contribution in [2.24, 2.45) is 0 Å². The molecule has 4 aromatic rings. The molecule has 3 aromatic carbocycles. The van der Waals surface area contributed by atoms with Crippen molar-refractivity contribution >= 4 is 28.6 Å². The molecule has 27 heavy (non-hydrogen) atoms. The van der Waals surface area contributed by atoms with Crippen LogP contribution in [0, 0.1) is 6.92 Å². The Morgan fingerprint density at radius 2 is 1.63 bits per heavy atom. The third-order valence-electron chi connectivity index (χ3n) is 4.69. The van der Waals surface area contributed by atoms with Gasteiger partial charge in [-0.2, -0.15) is 0 Å². The minimum absolute atomic E-state index is 0.319. The highest BCUT2D eigenvalue weighted by atomic mass is 16.3. The first-order chi connectivity index (χ1) is 13.1. The molecular formula is C22H14N2O3. The zero-order chi connectivity index (χ0) is 18.5. The highest BCUT2D eigenvalue weighted by Gasteiger charge is 2.37. The van der Waals surface area contributed by atoms with Crippen molar-refractivity contribution in [3.63, 3.8) is 0 Å². The summed E-state index contributed by atoms with van der Waals surface area (Å²) in [4.78, 5) is 31.3. The average molecular weight is 354 g/mol. The highest BCUT2D eigenvalue weighted by Crippen LogP contribution is 2.32. The van der Waals surface area contributed by atoms with E-state index in [0.717, 1.165) is 11.1 Å². The normalized spacial score (nSPS) is 13.4. The molecule has 2 heterocycles. The van der Waals surface area contributed by atoms with Gasteiger partial charge in [0.1, 0.15) is 5.52 Å². The molecule has 2 amide bonds. The van der Waals surface area contributed by atoms with Crippen molar-refractivity contribution in [2.45, 2.75) is 6.92 Å². The van der Waals surface area contributed by atoms with Gasteiger partial charge in [-0.15, -0.1) is 0 Å². The summed E-state index contributed by atoms with van der Waals surface area (Å²) in [5.74, 6) is -0.229. The Morgan fingerprint density at radius 3 is 2.44 bits per heavy atom. The molecule has 0 bridgehead atoms. The third-order valence-corrected chi connectivity index (χ3v) is 4.69. The predicted molar refractivity (Wildman–Crippen MR) is 102 cm³/mol. The number of carbonyl (C=O) groups is 2. The second-order valence-corrected chi connectivity index (χ2v) is 6.53. The van der Waals surface area contributed by atoms with E-state index in [1.165, 1.54) is 4.90 Å². The van der Waals surface area contributed by atoms with Gasteiger partial charge in [0.25, 0.3) is 11.8 Å². The van der Waals surface area contributed by atoms with Gasteiger partial charge in [-0.25, -0.2) is 9.88 Å². The molecule has 0 atom stereocenters. The standard InChI is InChI=1S/C22H14N2O3/c1-13-7-10-18-19(11-13)27-20(23-18)14-8-9-16-17(12-14)22(26)24(21(16)25)15-5-3-2-4-6-15/h2-12H,1H3. The summed E-state index contributed by atoms with van der Waals surface area (Å²) in [5, 5.41) is 0.